The van der Waals surface area contributed by atoms with Gasteiger partial charge in [0.15, 0.2) is 0 Å². The van der Waals surface area contributed by atoms with Crippen molar-refractivity contribution in [3.05, 3.63) is 94.9 Å². The van der Waals surface area contributed by atoms with Gasteiger partial charge in [0.05, 0.1) is 11.4 Å². The van der Waals surface area contributed by atoms with Crippen LogP contribution in [0.4, 0.5) is 5.69 Å². The molecule has 0 saturated heterocycles. The van der Waals surface area contributed by atoms with Crippen LogP contribution in [0.3, 0.4) is 0 Å². The summed E-state index contributed by atoms with van der Waals surface area (Å²) in [5.41, 5.74) is 2.24. The van der Waals surface area contributed by atoms with Gasteiger partial charge in [-0.1, -0.05) is 43.0 Å². The first-order valence-corrected chi connectivity index (χ1v) is 9.18. The van der Waals surface area contributed by atoms with Crippen molar-refractivity contribution in [2.45, 2.75) is 6.92 Å². The molecule has 0 atom stereocenters. The van der Waals surface area contributed by atoms with Crippen molar-refractivity contribution in [3.63, 3.8) is 0 Å². The smallest absolute Gasteiger partial charge is 0.295 e. The third-order valence-electron chi connectivity index (χ3n) is 4.48. The lowest BCUT2D eigenvalue weighted by Gasteiger charge is -2.07. The molecule has 3 aromatic rings. The minimum atomic E-state index is -0.372. The van der Waals surface area contributed by atoms with Crippen LogP contribution in [0.1, 0.15) is 11.3 Å². The van der Waals surface area contributed by atoms with Crippen LogP contribution < -0.4 is 15.6 Å². The van der Waals surface area contributed by atoms with Crippen molar-refractivity contribution in [1.29, 1.82) is 0 Å². The number of hydrogen-bond donors (Lipinski definition) is 1. The first-order valence-electron chi connectivity index (χ1n) is 9.18. The van der Waals surface area contributed by atoms with E-state index in [2.05, 4.69) is 11.9 Å². The Bertz CT molecular complexity index is 1090. The van der Waals surface area contributed by atoms with Crippen LogP contribution in [0.15, 0.2) is 78.1 Å². The second kappa shape index (κ2) is 8.93. The van der Waals surface area contributed by atoms with Gasteiger partial charge in [0.2, 0.25) is 5.91 Å². The summed E-state index contributed by atoms with van der Waals surface area (Å²) < 4.78 is 8.68. The second-order valence-corrected chi connectivity index (χ2v) is 6.43. The van der Waals surface area contributed by atoms with E-state index in [1.807, 2.05) is 54.6 Å². The Kier molecular flexibility index (Phi) is 6.14. The molecule has 0 spiro atoms. The fourth-order valence-electron chi connectivity index (χ4n) is 2.88. The minimum absolute atomic E-state index is 0.263. The lowest BCUT2D eigenvalue weighted by atomic mass is 10.2. The molecule has 0 unspecified atom stereocenters. The van der Waals surface area contributed by atoms with Gasteiger partial charge in [-0.3, -0.25) is 14.3 Å². The maximum absolute atomic E-state index is 12.8. The van der Waals surface area contributed by atoms with Crippen molar-refractivity contribution >= 4 is 17.7 Å². The van der Waals surface area contributed by atoms with E-state index in [4.69, 9.17) is 4.74 Å². The van der Waals surface area contributed by atoms with Crippen molar-refractivity contribution in [2.75, 3.05) is 11.9 Å². The SMILES string of the molecule is C=CCOc1ccc(/C=C/C(=O)Nc2c(C)n(C)n(-c3ccccc3)c2=O)cc1. The molecule has 0 saturated carbocycles. The van der Waals surface area contributed by atoms with Gasteiger partial charge in [-0.05, 0) is 42.8 Å². The van der Waals surface area contributed by atoms with Crippen LogP contribution >= 0.6 is 0 Å². The average molecular weight is 389 g/mol. The van der Waals surface area contributed by atoms with E-state index in [9.17, 15) is 9.59 Å². The number of nitrogens with zero attached hydrogens (tertiary/aromatic N) is 2. The standard InChI is InChI=1S/C23H23N3O3/c1-4-16-29-20-13-10-18(11-14-20)12-15-21(27)24-22-17(2)25(3)26(23(22)28)19-8-6-5-7-9-19/h4-15H,1,16H2,2-3H3,(H,24,27)/b15-12+. The summed E-state index contributed by atoms with van der Waals surface area (Å²) in [6.45, 7) is 5.84. The normalized spacial score (nSPS) is 10.8. The number of anilines is 1. The quantitative estimate of drug-likeness (QED) is 0.495. The number of amides is 1. The Morgan fingerprint density at radius 1 is 1.14 bits per heavy atom. The van der Waals surface area contributed by atoms with Gasteiger partial charge in [-0.15, -0.1) is 0 Å². The number of carbonyl (C=O) groups excluding carboxylic acids is 1. The van der Waals surface area contributed by atoms with Gasteiger partial charge >= 0.3 is 0 Å². The molecule has 0 aliphatic heterocycles. The number of nitrogens with one attached hydrogen (secondary N) is 1. The highest BCUT2D eigenvalue weighted by Crippen LogP contribution is 2.15. The van der Waals surface area contributed by atoms with Crippen LogP contribution in [0.2, 0.25) is 0 Å². The zero-order valence-corrected chi connectivity index (χ0v) is 16.5. The monoisotopic (exact) mass is 389 g/mol. The molecule has 1 amide bonds. The molecule has 1 N–H and O–H groups in total. The fraction of sp³-hybridized carbons (Fsp3) is 0.130. The van der Waals surface area contributed by atoms with Crippen LogP contribution in [0.25, 0.3) is 11.8 Å². The van der Waals surface area contributed by atoms with E-state index >= 15 is 0 Å². The molecule has 0 fully saturated rings. The van der Waals surface area contributed by atoms with Crippen molar-refractivity contribution in [1.82, 2.24) is 9.36 Å². The Morgan fingerprint density at radius 2 is 1.83 bits per heavy atom. The van der Waals surface area contributed by atoms with Crippen molar-refractivity contribution in [2.24, 2.45) is 7.05 Å². The van der Waals surface area contributed by atoms with Gasteiger partial charge in [-0.25, -0.2) is 4.68 Å². The third kappa shape index (κ3) is 4.55. The average Bonchev–Trinajstić information content (AvgIpc) is 2.95. The van der Waals surface area contributed by atoms with Crippen LogP contribution in [0, 0.1) is 6.92 Å². The van der Waals surface area contributed by atoms with E-state index in [0.29, 0.717) is 12.3 Å². The van der Waals surface area contributed by atoms with E-state index in [0.717, 1.165) is 17.0 Å². The number of benzene rings is 2. The van der Waals surface area contributed by atoms with Gasteiger partial charge in [-0.2, -0.15) is 0 Å². The Hall–Kier alpha value is -3.80. The summed E-state index contributed by atoms with van der Waals surface area (Å²) in [6.07, 6.45) is 4.76. The summed E-state index contributed by atoms with van der Waals surface area (Å²) >= 11 is 0. The summed E-state index contributed by atoms with van der Waals surface area (Å²) in [5.74, 6) is 0.357. The Morgan fingerprint density at radius 3 is 2.48 bits per heavy atom. The lowest BCUT2D eigenvalue weighted by Crippen LogP contribution is -2.22. The maximum Gasteiger partial charge on any atom is 0.295 e. The van der Waals surface area contributed by atoms with Gasteiger partial charge in [0.25, 0.3) is 5.56 Å². The molecular weight excluding hydrogens is 366 g/mol. The number of carbonyl (C=O) groups is 1. The molecule has 3 rings (SSSR count). The van der Waals surface area contributed by atoms with E-state index < -0.39 is 0 Å². The molecule has 6 heteroatoms. The zero-order chi connectivity index (χ0) is 20.8. The molecule has 0 bridgehead atoms. The molecule has 0 radical (unpaired) electrons. The first kappa shape index (κ1) is 19.9. The van der Waals surface area contributed by atoms with E-state index in [-0.39, 0.29) is 17.2 Å². The number of hydrogen-bond acceptors (Lipinski definition) is 3. The highest BCUT2D eigenvalue weighted by molar-refractivity contribution is 6.02. The molecule has 29 heavy (non-hydrogen) atoms. The molecule has 2 aromatic carbocycles. The zero-order valence-electron chi connectivity index (χ0n) is 16.5. The number of para-hydroxylation sites is 1. The summed E-state index contributed by atoms with van der Waals surface area (Å²) in [6, 6.07) is 16.6. The number of ether oxygens (including phenoxy) is 1. The molecular formula is C23H23N3O3. The van der Waals surface area contributed by atoms with Crippen LogP contribution in [0.5, 0.6) is 5.75 Å². The van der Waals surface area contributed by atoms with Crippen LogP contribution in [-0.2, 0) is 11.8 Å². The van der Waals surface area contributed by atoms with Gasteiger partial charge in [0, 0.05) is 13.1 Å². The molecule has 6 nitrogen and oxygen atoms in total. The van der Waals surface area contributed by atoms with Crippen molar-refractivity contribution in [3.8, 4) is 11.4 Å². The van der Waals surface area contributed by atoms with Crippen LogP contribution in [-0.4, -0.2) is 21.9 Å². The predicted molar refractivity (Wildman–Crippen MR) is 116 cm³/mol. The Labute approximate surface area is 169 Å². The highest BCUT2D eigenvalue weighted by atomic mass is 16.5. The van der Waals surface area contributed by atoms with Crippen molar-refractivity contribution < 1.29 is 9.53 Å². The molecule has 1 heterocycles. The minimum Gasteiger partial charge on any atom is -0.490 e. The summed E-state index contributed by atoms with van der Waals surface area (Å²) in [5, 5.41) is 2.70. The molecule has 1 aromatic heterocycles. The summed E-state index contributed by atoms with van der Waals surface area (Å²) in [7, 11) is 1.78. The largest absolute Gasteiger partial charge is 0.490 e. The van der Waals surface area contributed by atoms with Gasteiger partial charge < -0.3 is 10.1 Å². The predicted octanol–water partition coefficient (Wildman–Crippen LogP) is 3.70. The number of aromatic nitrogens is 2. The van der Waals surface area contributed by atoms with Gasteiger partial charge in [0.1, 0.15) is 18.0 Å². The fourth-order valence-corrected chi connectivity index (χ4v) is 2.88. The highest BCUT2D eigenvalue weighted by Gasteiger charge is 2.17. The third-order valence-corrected chi connectivity index (χ3v) is 4.48. The molecule has 0 aliphatic carbocycles. The second-order valence-electron chi connectivity index (χ2n) is 6.43. The Balaban J connectivity index is 1.75. The van der Waals surface area contributed by atoms with E-state index in [1.54, 1.807) is 30.8 Å². The topological polar surface area (TPSA) is 65.3 Å². The molecule has 148 valence electrons. The van der Waals surface area contributed by atoms with E-state index in [1.165, 1.54) is 10.8 Å². The summed E-state index contributed by atoms with van der Waals surface area (Å²) in [4.78, 5) is 25.2. The lowest BCUT2D eigenvalue weighted by molar-refractivity contribution is -0.111. The molecule has 0 aliphatic rings. The first-order chi connectivity index (χ1) is 14.0. The number of rotatable bonds is 7. The maximum atomic E-state index is 12.8.